The summed E-state index contributed by atoms with van der Waals surface area (Å²) < 4.78 is 18.2. The topological polar surface area (TPSA) is 27.7 Å². The van der Waals surface area contributed by atoms with E-state index in [2.05, 4.69) is 184 Å². The molecule has 1 aliphatic heterocycles. The first-order valence-corrected chi connectivity index (χ1v) is 24.5. The third-order valence-corrected chi connectivity index (χ3v) is 17.3. The van der Waals surface area contributed by atoms with Crippen molar-refractivity contribution in [3.63, 3.8) is 0 Å². The molecular weight excluding hydrogens is 795 g/mol. The number of para-hydroxylation sites is 2. The van der Waals surface area contributed by atoms with Crippen molar-refractivity contribution in [1.29, 1.82) is 0 Å². The molecule has 1 aliphatic rings. The van der Waals surface area contributed by atoms with Crippen LogP contribution in [0.15, 0.2) is 194 Å². The van der Waals surface area contributed by atoms with Crippen molar-refractivity contribution < 1.29 is 14.2 Å². The van der Waals surface area contributed by atoms with Gasteiger partial charge in [0, 0.05) is 27.2 Å². The van der Waals surface area contributed by atoms with E-state index in [0.29, 0.717) is 0 Å². The van der Waals surface area contributed by atoms with Crippen molar-refractivity contribution in [2.45, 2.75) is 32.1 Å². The van der Waals surface area contributed by atoms with E-state index in [0.717, 1.165) is 48.2 Å². The van der Waals surface area contributed by atoms with Crippen molar-refractivity contribution in [3.8, 4) is 45.3 Å². The lowest BCUT2D eigenvalue weighted by molar-refractivity contribution is 0.415. The van der Waals surface area contributed by atoms with E-state index in [1.165, 1.54) is 65.7 Å². The number of hydrogen-bond donors (Lipinski definition) is 0. The van der Waals surface area contributed by atoms with Crippen LogP contribution in [0, 0.1) is 0 Å². The van der Waals surface area contributed by atoms with Crippen molar-refractivity contribution in [2.24, 2.45) is 0 Å². The molecule has 3 nitrogen and oxygen atoms in total. The second-order valence-electron chi connectivity index (χ2n) is 16.4. The molecule has 0 radical (unpaired) electrons. The smallest absolute Gasteiger partial charge is 0.139 e. The molecular formula is C57H52O3P2. The fourth-order valence-electron chi connectivity index (χ4n) is 8.69. The van der Waals surface area contributed by atoms with E-state index in [1.54, 1.807) is 14.2 Å². The molecule has 0 aromatic heterocycles. The minimum absolute atomic E-state index is 0.251. The standard InChI is InChI=1S/C57H52O3P2/c1-57(2)51-17-11-19-53(61(49-13-7-5-8-14-49)39-37-41-21-25-43(26-22-41)45-29-33-47(58-3)34-30-45)55(51)60-56-52(57)18-12-20-54(56)62(50-15-9-6-10-16-50)40-38-42-23-27-44(28-24-42)46-31-35-48(59-4)36-32-46/h5-36H,37-40H2,1-4H3. The normalized spacial score (nSPS) is 13.5. The minimum Gasteiger partial charge on any atom is -0.497 e. The van der Waals surface area contributed by atoms with Gasteiger partial charge in [-0.05, 0) is 109 Å². The highest BCUT2D eigenvalue weighted by atomic mass is 31.1. The molecule has 2 atom stereocenters. The lowest BCUT2D eigenvalue weighted by Crippen LogP contribution is -2.31. The van der Waals surface area contributed by atoms with Crippen LogP contribution >= 0.6 is 15.8 Å². The summed E-state index contributed by atoms with van der Waals surface area (Å²) in [5.41, 5.74) is 9.74. The molecule has 308 valence electrons. The van der Waals surface area contributed by atoms with Gasteiger partial charge in [0.05, 0.1) is 14.2 Å². The molecule has 0 N–H and O–H groups in total. The Labute approximate surface area is 369 Å². The van der Waals surface area contributed by atoms with Gasteiger partial charge >= 0.3 is 0 Å². The monoisotopic (exact) mass is 846 g/mol. The minimum atomic E-state index is -0.745. The maximum absolute atomic E-state index is 7.46. The molecule has 8 aromatic rings. The van der Waals surface area contributed by atoms with Crippen molar-refractivity contribution in [2.75, 3.05) is 26.5 Å². The Hall–Kier alpha value is -5.98. The van der Waals surface area contributed by atoms with Crippen LogP contribution in [0.1, 0.15) is 36.1 Å². The molecule has 0 aliphatic carbocycles. The molecule has 0 amide bonds. The Morgan fingerprint density at radius 1 is 0.403 bits per heavy atom. The van der Waals surface area contributed by atoms with E-state index >= 15 is 0 Å². The average molecular weight is 847 g/mol. The highest BCUT2D eigenvalue weighted by Crippen LogP contribution is 2.52. The van der Waals surface area contributed by atoms with Gasteiger partial charge in [-0.2, -0.15) is 0 Å². The second-order valence-corrected chi connectivity index (χ2v) is 21.0. The van der Waals surface area contributed by atoms with E-state index < -0.39 is 15.8 Å². The van der Waals surface area contributed by atoms with Gasteiger partial charge in [0.25, 0.3) is 0 Å². The Kier molecular flexibility index (Phi) is 12.4. The number of benzene rings is 8. The lowest BCUT2D eigenvalue weighted by atomic mass is 9.76. The number of fused-ring (bicyclic) bond motifs is 2. The first-order chi connectivity index (χ1) is 30.4. The number of methoxy groups -OCH3 is 2. The predicted molar refractivity (Wildman–Crippen MR) is 264 cm³/mol. The quantitative estimate of drug-likeness (QED) is 0.102. The zero-order valence-electron chi connectivity index (χ0n) is 35.9. The summed E-state index contributed by atoms with van der Waals surface area (Å²) in [5, 5.41) is 5.37. The summed E-state index contributed by atoms with van der Waals surface area (Å²) in [6, 6.07) is 70.7. The van der Waals surface area contributed by atoms with Crippen LogP contribution in [0.25, 0.3) is 22.3 Å². The summed E-state index contributed by atoms with van der Waals surface area (Å²) >= 11 is 0. The summed E-state index contributed by atoms with van der Waals surface area (Å²) in [6.07, 6.45) is 3.98. The second kappa shape index (κ2) is 18.6. The van der Waals surface area contributed by atoms with Gasteiger partial charge in [-0.25, -0.2) is 0 Å². The molecule has 0 spiro atoms. The fourth-order valence-corrected chi connectivity index (χ4v) is 13.6. The van der Waals surface area contributed by atoms with E-state index in [1.807, 2.05) is 24.3 Å². The zero-order chi connectivity index (χ0) is 42.5. The van der Waals surface area contributed by atoms with Crippen LogP contribution in [0.4, 0.5) is 0 Å². The maximum Gasteiger partial charge on any atom is 0.139 e. The van der Waals surface area contributed by atoms with Gasteiger partial charge in [0.2, 0.25) is 0 Å². The average Bonchev–Trinajstić information content (AvgIpc) is 3.33. The third kappa shape index (κ3) is 8.71. The molecule has 5 heteroatoms. The summed E-state index contributed by atoms with van der Waals surface area (Å²) in [6.45, 7) is 4.76. The highest BCUT2D eigenvalue weighted by Gasteiger charge is 2.38. The SMILES string of the molecule is COc1ccc(-c2ccc(CCP(c3ccccc3)c3cccc4c3Oc3c(P(CCc5ccc(-c6ccc(OC)cc6)cc5)c5ccccc5)cccc3C4(C)C)cc2)cc1. The number of ether oxygens (including phenoxy) is 3. The first-order valence-electron chi connectivity index (χ1n) is 21.5. The van der Waals surface area contributed by atoms with Crippen molar-refractivity contribution in [3.05, 3.63) is 216 Å². The van der Waals surface area contributed by atoms with E-state index in [-0.39, 0.29) is 5.41 Å². The van der Waals surface area contributed by atoms with Gasteiger partial charge in [0.15, 0.2) is 0 Å². The van der Waals surface area contributed by atoms with Gasteiger partial charge in [-0.15, -0.1) is 0 Å². The maximum atomic E-state index is 7.46. The van der Waals surface area contributed by atoms with Crippen LogP contribution < -0.4 is 35.4 Å². The van der Waals surface area contributed by atoms with Gasteiger partial charge in [-0.1, -0.05) is 184 Å². The number of rotatable bonds is 14. The first kappa shape index (κ1) is 41.4. The molecule has 8 aromatic carbocycles. The predicted octanol–water partition coefficient (Wildman–Crippen LogP) is 12.8. The Balaban J connectivity index is 1.03. The fraction of sp³-hybridized carbons (Fsp3) is 0.158. The van der Waals surface area contributed by atoms with E-state index in [9.17, 15) is 0 Å². The number of aryl methyl sites for hydroxylation is 2. The molecule has 0 fully saturated rings. The van der Waals surface area contributed by atoms with Crippen LogP contribution in [0.5, 0.6) is 23.0 Å². The van der Waals surface area contributed by atoms with Crippen LogP contribution in [0.3, 0.4) is 0 Å². The van der Waals surface area contributed by atoms with Crippen LogP contribution in [0.2, 0.25) is 0 Å². The van der Waals surface area contributed by atoms with Gasteiger partial charge in [-0.3, -0.25) is 0 Å². The Morgan fingerprint density at radius 3 is 1.11 bits per heavy atom. The third-order valence-electron chi connectivity index (χ3n) is 12.3. The molecule has 0 saturated heterocycles. The zero-order valence-corrected chi connectivity index (χ0v) is 37.7. The summed E-state index contributed by atoms with van der Waals surface area (Å²) in [7, 11) is 1.92. The van der Waals surface area contributed by atoms with Gasteiger partial charge < -0.3 is 14.2 Å². The molecule has 62 heavy (non-hydrogen) atoms. The Bertz CT molecular complexity index is 2540. The van der Waals surface area contributed by atoms with E-state index in [4.69, 9.17) is 14.2 Å². The lowest BCUT2D eigenvalue weighted by Gasteiger charge is -2.38. The van der Waals surface area contributed by atoms with Crippen LogP contribution in [-0.2, 0) is 18.3 Å². The molecule has 1 heterocycles. The molecule has 0 saturated carbocycles. The number of hydrogen-bond acceptors (Lipinski definition) is 3. The largest absolute Gasteiger partial charge is 0.497 e. The highest BCUT2D eigenvalue weighted by molar-refractivity contribution is 7.73. The Morgan fingerprint density at radius 2 is 0.758 bits per heavy atom. The summed E-state index contributed by atoms with van der Waals surface area (Å²) in [4.78, 5) is 0. The summed E-state index contributed by atoms with van der Waals surface area (Å²) in [5.74, 6) is 3.82. The van der Waals surface area contributed by atoms with Gasteiger partial charge in [0.1, 0.15) is 23.0 Å². The molecule has 9 rings (SSSR count). The van der Waals surface area contributed by atoms with Crippen molar-refractivity contribution in [1.82, 2.24) is 0 Å². The molecule has 0 bridgehead atoms. The van der Waals surface area contributed by atoms with Crippen molar-refractivity contribution >= 4 is 37.1 Å². The molecule has 2 unspecified atom stereocenters. The van der Waals surface area contributed by atoms with Crippen LogP contribution in [-0.4, -0.2) is 26.5 Å².